The number of nitrogens with zero attached hydrogens (tertiary/aromatic N) is 3. The monoisotopic (exact) mass is 491 g/mol. The Morgan fingerprint density at radius 2 is 1.57 bits per heavy atom. The number of hydrogen-bond acceptors (Lipinski definition) is 7. The molecule has 0 aromatic heterocycles. The summed E-state index contributed by atoms with van der Waals surface area (Å²) < 4.78 is 0. The summed E-state index contributed by atoms with van der Waals surface area (Å²) in [6.07, 6.45) is 2.17. The van der Waals surface area contributed by atoms with Gasteiger partial charge in [-0.15, -0.1) is 0 Å². The molecular weight excluding hydrogens is 450 g/mol. The Balaban J connectivity index is 2.20. The molecule has 0 saturated carbocycles. The van der Waals surface area contributed by atoms with Crippen molar-refractivity contribution in [1.82, 2.24) is 15.5 Å². The van der Waals surface area contributed by atoms with Crippen LogP contribution >= 0.6 is 0 Å². The fourth-order valence-corrected chi connectivity index (χ4v) is 4.39. The van der Waals surface area contributed by atoms with Gasteiger partial charge in [-0.3, -0.25) is 14.4 Å². The van der Waals surface area contributed by atoms with Gasteiger partial charge in [0.05, 0.1) is 12.1 Å². The standard InChI is InChI=1S/C25H41N5O5/c1-24(2,3)16(13-29(9)18-17(28(7)8)19(32)20(18)33)26-23(35)27-21(25(4,5)6)22(34)30-12-10-11-15(30)14-31/h14-16,21H,10-13H2,1-9H3,(H2,26,27,35)/t15-,16?,21?/m0/s1. The van der Waals surface area contributed by atoms with Crippen LogP contribution in [-0.2, 0) is 9.59 Å². The summed E-state index contributed by atoms with van der Waals surface area (Å²) in [7, 11) is 5.13. The Kier molecular flexibility index (Phi) is 8.40. The Labute approximate surface area is 207 Å². The van der Waals surface area contributed by atoms with Gasteiger partial charge in [-0.1, -0.05) is 41.5 Å². The first-order valence-corrected chi connectivity index (χ1v) is 12.0. The average Bonchev–Trinajstić information content (AvgIpc) is 3.21. The Bertz CT molecular complexity index is 1010. The number of likely N-dealkylation sites (N-methyl/N-ethyl adjacent to an activating group) is 1. The zero-order valence-electron chi connectivity index (χ0n) is 22.5. The summed E-state index contributed by atoms with van der Waals surface area (Å²) in [6, 6.07) is -2.20. The molecule has 0 aliphatic carbocycles. The molecule has 3 atom stereocenters. The molecule has 10 nitrogen and oxygen atoms in total. The fraction of sp³-hybridized carbons (Fsp3) is 0.720. The van der Waals surface area contributed by atoms with Crippen molar-refractivity contribution in [3.63, 3.8) is 0 Å². The summed E-state index contributed by atoms with van der Waals surface area (Å²) in [5, 5.41) is 5.81. The number of amides is 3. The summed E-state index contributed by atoms with van der Waals surface area (Å²) in [6.45, 7) is 12.3. The highest BCUT2D eigenvalue weighted by atomic mass is 16.2. The van der Waals surface area contributed by atoms with Crippen LogP contribution < -0.4 is 31.3 Å². The Hall–Kier alpha value is -2.91. The number of likely N-dealkylation sites (tertiary alicyclic amines) is 1. The minimum atomic E-state index is -0.824. The lowest BCUT2D eigenvalue weighted by atomic mass is 9.85. The quantitative estimate of drug-likeness (QED) is 0.413. The molecule has 2 rings (SSSR count). The number of urea groups is 1. The van der Waals surface area contributed by atoms with E-state index in [0.717, 1.165) is 12.7 Å². The molecule has 1 fully saturated rings. The number of carbonyl (C=O) groups excluding carboxylic acids is 3. The second-order valence-electron chi connectivity index (χ2n) is 11.8. The van der Waals surface area contributed by atoms with Crippen LogP contribution in [0.4, 0.5) is 16.2 Å². The lowest BCUT2D eigenvalue weighted by Crippen LogP contribution is -2.60. The van der Waals surface area contributed by atoms with Crippen molar-refractivity contribution >= 4 is 29.6 Å². The van der Waals surface area contributed by atoms with Gasteiger partial charge in [-0.05, 0) is 23.7 Å². The first kappa shape index (κ1) is 28.3. The molecular formula is C25H41N5O5. The predicted octanol–water partition coefficient (Wildman–Crippen LogP) is 1.10. The Morgan fingerprint density at radius 1 is 1.00 bits per heavy atom. The molecule has 1 aliphatic rings. The summed E-state index contributed by atoms with van der Waals surface area (Å²) in [5.74, 6) is -0.272. The van der Waals surface area contributed by atoms with E-state index >= 15 is 0 Å². The third-order valence-corrected chi connectivity index (χ3v) is 6.62. The van der Waals surface area contributed by atoms with E-state index in [1.54, 1.807) is 35.8 Å². The fourth-order valence-electron chi connectivity index (χ4n) is 4.39. The normalized spacial score (nSPS) is 18.2. The molecule has 1 saturated heterocycles. The zero-order chi connectivity index (χ0) is 26.9. The van der Waals surface area contributed by atoms with Crippen LogP contribution in [0.5, 0.6) is 0 Å². The maximum absolute atomic E-state index is 13.3. The maximum Gasteiger partial charge on any atom is 0.315 e. The molecule has 196 valence electrons. The van der Waals surface area contributed by atoms with Crippen molar-refractivity contribution in [2.24, 2.45) is 10.8 Å². The Morgan fingerprint density at radius 3 is 2.06 bits per heavy atom. The van der Waals surface area contributed by atoms with Crippen molar-refractivity contribution in [3.05, 3.63) is 20.4 Å². The van der Waals surface area contributed by atoms with Gasteiger partial charge in [-0.2, -0.15) is 0 Å². The third kappa shape index (κ3) is 6.21. The smallest absolute Gasteiger partial charge is 0.315 e. The van der Waals surface area contributed by atoms with Gasteiger partial charge >= 0.3 is 6.03 Å². The first-order chi connectivity index (χ1) is 16.0. The van der Waals surface area contributed by atoms with E-state index in [9.17, 15) is 24.0 Å². The van der Waals surface area contributed by atoms with Gasteiger partial charge in [0.1, 0.15) is 23.7 Å². The molecule has 0 bridgehead atoms. The predicted molar refractivity (Wildman–Crippen MR) is 138 cm³/mol. The van der Waals surface area contributed by atoms with E-state index in [1.807, 2.05) is 41.5 Å². The second kappa shape index (κ2) is 10.4. The van der Waals surface area contributed by atoms with Crippen molar-refractivity contribution in [1.29, 1.82) is 0 Å². The van der Waals surface area contributed by atoms with Gasteiger partial charge in [0.15, 0.2) is 0 Å². The molecule has 1 aliphatic heterocycles. The summed E-state index contributed by atoms with van der Waals surface area (Å²) in [5.41, 5.74) is -1.35. The van der Waals surface area contributed by atoms with E-state index in [1.165, 1.54) is 0 Å². The number of rotatable bonds is 8. The zero-order valence-corrected chi connectivity index (χ0v) is 22.5. The molecule has 3 amide bonds. The minimum absolute atomic E-state index is 0.272. The highest BCUT2D eigenvalue weighted by Gasteiger charge is 2.40. The van der Waals surface area contributed by atoms with Gasteiger partial charge in [0, 0.05) is 34.2 Å². The highest BCUT2D eigenvalue weighted by Crippen LogP contribution is 2.27. The van der Waals surface area contributed by atoms with E-state index in [4.69, 9.17) is 0 Å². The van der Waals surface area contributed by atoms with Gasteiger partial charge < -0.3 is 30.1 Å². The maximum atomic E-state index is 13.3. The summed E-state index contributed by atoms with van der Waals surface area (Å²) in [4.78, 5) is 66.9. The second-order valence-corrected chi connectivity index (χ2v) is 11.8. The van der Waals surface area contributed by atoms with E-state index in [0.29, 0.717) is 24.3 Å². The molecule has 35 heavy (non-hydrogen) atoms. The minimum Gasteiger partial charge on any atom is -0.373 e. The van der Waals surface area contributed by atoms with Gasteiger partial charge in [0.2, 0.25) is 5.91 Å². The van der Waals surface area contributed by atoms with Crippen LogP contribution in [0.25, 0.3) is 0 Å². The highest BCUT2D eigenvalue weighted by molar-refractivity contribution is 5.89. The van der Waals surface area contributed by atoms with Crippen LogP contribution in [0.1, 0.15) is 54.4 Å². The topological polar surface area (TPSA) is 119 Å². The lowest BCUT2D eigenvalue weighted by Gasteiger charge is -2.38. The van der Waals surface area contributed by atoms with E-state index in [2.05, 4.69) is 10.6 Å². The molecule has 10 heteroatoms. The molecule has 1 heterocycles. The van der Waals surface area contributed by atoms with E-state index < -0.39 is 40.4 Å². The van der Waals surface area contributed by atoms with Crippen molar-refractivity contribution < 1.29 is 14.4 Å². The first-order valence-electron chi connectivity index (χ1n) is 12.0. The number of hydrogen-bond donors (Lipinski definition) is 2. The molecule has 1 aromatic carbocycles. The van der Waals surface area contributed by atoms with Crippen LogP contribution in [0.3, 0.4) is 0 Å². The summed E-state index contributed by atoms with van der Waals surface area (Å²) >= 11 is 0. The lowest BCUT2D eigenvalue weighted by molar-refractivity contribution is -0.138. The SMILES string of the molecule is CN(C)c1c(N(C)CC(NC(=O)NC(C(=O)N2CCC[C@H]2C=O)C(C)(C)C)C(C)(C)C)c(=O)c1=O. The largest absolute Gasteiger partial charge is 0.373 e. The van der Waals surface area contributed by atoms with Crippen LogP contribution in [0.15, 0.2) is 9.59 Å². The van der Waals surface area contributed by atoms with E-state index in [-0.39, 0.29) is 17.9 Å². The molecule has 0 radical (unpaired) electrons. The number of carbonyl (C=O) groups is 3. The molecule has 2 N–H and O–H groups in total. The van der Waals surface area contributed by atoms with Crippen LogP contribution in [0.2, 0.25) is 0 Å². The third-order valence-electron chi connectivity index (χ3n) is 6.62. The average molecular weight is 492 g/mol. The van der Waals surface area contributed by atoms with Crippen LogP contribution in [-0.4, -0.2) is 75.5 Å². The van der Waals surface area contributed by atoms with Gasteiger partial charge in [0.25, 0.3) is 10.9 Å². The van der Waals surface area contributed by atoms with Crippen molar-refractivity contribution in [3.8, 4) is 0 Å². The van der Waals surface area contributed by atoms with Crippen LogP contribution in [0, 0.1) is 10.8 Å². The number of nitrogens with one attached hydrogen (secondary N) is 2. The van der Waals surface area contributed by atoms with Crippen molar-refractivity contribution in [2.45, 2.75) is 72.5 Å². The van der Waals surface area contributed by atoms with Gasteiger partial charge in [-0.25, -0.2) is 4.79 Å². The molecule has 0 spiro atoms. The number of anilines is 2. The number of aldehydes is 1. The molecule has 1 aromatic rings. The van der Waals surface area contributed by atoms with Crippen molar-refractivity contribution in [2.75, 3.05) is 44.0 Å². The molecule has 2 unspecified atom stereocenters.